The van der Waals surface area contributed by atoms with E-state index >= 15 is 0 Å². The van der Waals surface area contributed by atoms with Crippen molar-refractivity contribution in [3.8, 4) is 12.3 Å². The van der Waals surface area contributed by atoms with Gasteiger partial charge in [-0.1, -0.05) is 27.5 Å². The Bertz CT molecular complexity index is 551. The summed E-state index contributed by atoms with van der Waals surface area (Å²) in [6.07, 6.45) is 5.45. The van der Waals surface area contributed by atoms with Crippen LogP contribution in [0.4, 0.5) is 0 Å². The number of hydrogen-bond acceptors (Lipinski definition) is 2. The molecule has 0 fully saturated rings. The van der Waals surface area contributed by atoms with Crippen LogP contribution in [0.15, 0.2) is 27.6 Å². The van der Waals surface area contributed by atoms with Crippen molar-refractivity contribution in [1.82, 2.24) is 4.72 Å². The lowest BCUT2D eigenvalue weighted by molar-refractivity contribution is 0.563. The molecule has 0 radical (unpaired) electrons. The quantitative estimate of drug-likeness (QED) is 0.859. The maximum Gasteiger partial charge on any atom is 0.242 e. The molecule has 1 rings (SSSR count). The van der Waals surface area contributed by atoms with Crippen molar-refractivity contribution in [2.75, 3.05) is 0 Å². The van der Waals surface area contributed by atoms with Gasteiger partial charge in [-0.3, -0.25) is 0 Å². The van der Waals surface area contributed by atoms with Gasteiger partial charge in [-0.05, 0) is 25.1 Å². The molecule has 0 heterocycles. The number of rotatable bonds is 4. The molecule has 92 valence electrons. The number of terminal acetylenes is 1. The molecule has 0 saturated heterocycles. The zero-order valence-electron chi connectivity index (χ0n) is 9.07. The summed E-state index contributed by atoms with van der Waals surface area (Å²) >= 11 is 9.10. The average Bonchev–Trinajstić information content (AvgIpc) is 2.15. The van der Waals surface area contributed by atoms with Crippen molar-refractivity contribution >= 4 is 37.6 Å². The fourth-order valence-corrected chi connectivity index (χ4v) is 3.52. The smallest absolute Gasteiger partial charge is 0.207 e. The molecule has 0 bridgehead atoms. The summed E-state index contributed by atoms with van der Waals surface area (Å²) < 4.78 is 27.1. The Balaban J connectivity index is 3.02. The summed E-state index contributed by atoms with van der Waals surface area (Å²) in [5.74, 6) is 2.40. The van der Waals surface area contributed by atoms with Crippen LogP contribution in [-0.4, -0.2) is 14.5 Å². The number of sulfonamides is 1. The lowest BCUT2D eigenvalue weighted by Gasteiger charge is -2.12. The molecule has 1 aromatic carbocycles. The highest BCUT2D eigenvalue weighted by Gasteiger charge is 2.19. The highest BCUT2D eigenvalue weighted by molar-refractivity contribution is 9.10. The second-order valence-electron chi connectivity index (χ2n) is 3.51. The van der Waals surface area contributed by atoms with Crippen molar-refractivity contribution in [1.29, 1.82) is 0 Å². The number of halogens is 2. The second kappa shape index (κ2) is 5.87. The molecule has 0 aliphatic rings. The van der Waals surface area contributed by atoms with Gasteiger partial charge in [0.25, 0.3) is 0 Å². The van der Waals surface area contributed by atoms with E-state index in [1.54, 1.807) is 13.0 Å². The average molecular weight is 337 g/mol. The summed E-state index contributed by atoms with van der Waals surface area (Å²) in [4.78, 5) is 0.0474. The van der Waals surface area contributed by atoms with Crippen LogP contribution in [0, 0.1) is 12.3 Å². The number of hydrogen-bond donors (Lipinski definition) is 1. The standard InChI is InChI=1S/C11H11BrClNO2S/c1-3-4-8(2)14-17(15,16)11-6-5-9(12)7-10(11)13/h1,5-8,14H,4H2,2H3. The van der Waals surface area contributed by atoms with Crippen LogP contribution in [0.5, 0.6) is 0 Å². The van der Waals surface area contributed by atoms with Crippen LogP contribution in [0.2, 0.25) is 5.02 Å². The molecule has 0 spiro atoms. The highest BCUT2D eigenvalue weighted by Crippen LogP contribution is 2.25. The first-order valence-corrected chi connectivity index (χ1v) is 7.43. The predicted molar refractivity (Wildman–Crippen MR) is 72.4 cm³/mol. The van der Waals surface area contributed by atoms with Gasteiger partial charge in [-0.25, -0.2) is 13.1 Å². The lowest BCUT2D eigenvalue weighted by atomic mass is 10.3. The van der Waals surface area contributed by atoms with Gasteiger partial charge in [0.15, 0.2) is 0 Å². The summed E-state index contributed by atoms with van der Waals surface area (Å²) in [5.41, 5.74) is 0. The van der Waals surface area contributed by atoms with Crippen molar-refractivity contribution in [2.45, 2.75) is 24.3 Å². The van der Waals surface area contributed by atoms with E-state index in [0.29, 0.717) is 6.42 Å². The predicted octanol–water partition coefficient (Wildman–Crippen LogP) is 2.79. The van der Waals surface area contributed by atoms with E-state index in [2.05, 4.69) is 26.6 Å². The van der Waals surface area contributed by atoms with Gasteiger partial charge in [0.2, 0.25) is 10.0 Å². The van der Waals surface area contributed by atoms with Crippen LogP contribution >= 0.6 is 27.5 Å². The van der Waals surface area contributed by atoms with Crippen LogP contribution < -0.4 is 4.72 Å². The van der Waals surface area contributed by atoms with E-state index in [4.69, 9.17) is 18.0 Å². The first-order valence-electron chi connectivity index (χ1n) is 4.77. The van der Waals surface area contributed by atoms with Gasteiger partial charge >= 0.3 is 0 Å². The zero-order chi connectivity index (χ0) is 13.1. The molecule has 1 aromatic rings. The van der Waals surface area contributed by atoms with Crippen molar-refractivity contribution in [3.05, 3.63) is 27.7 Å². The third-order valence-electron chi connectivity index (χ3n) is 1.96. The zero-order valence-corrected chi connectivity index (χ0v) is 12.2. The molecule has 0 amide bonds. The van der Waals surface area contributed by atoms with E-state index in [1.165, 1.54) is 12.1 Å². The molecule has 0 saturated carbocycles. The van der Waals surface area contributed by atoms with Crippen molar-refractivity contribution in [3.63, 3.8) is 0 Å². The van der Waals surface area contributed by atoms with Gasteiger partial charge in [0, 0.05) is 16.9 Å². The molecule has 1 unspecified atom stereocenters. The largest absolute Gasteiger partial charge is 0.242 e. The third kappa shape index (κ3) is 4.00. The molecule has 3 nitrogen and oxygen atoms in total. The van der Waals surface area contributed by atoms with Gasteiger partial charge < -0.3 is 0 Å². The maximum atomic E-state index is 12.0. The minimum atomic E-state index is -3.63. The first kappa shape index (κ1) is 14.5. The Morgan fingerprint density at radius 1 is 1.59 bits per heavy atom. The minimum Gasteiger partial charge on any atom is -0.207 e. The van der Waals surface area contributed by atoms with Crippen molar-refractivity contribution in [2.24, 2.45) is 0 Å². The molecular weight excluding hydrogens is 326 g/mol. The van der Waals surface area contributed by atoms with Crippen LogP contribution in [0.25, 0.3) is 0 Å². The van der Waals surface area contributed by atoms with Gasteiger partial charge in [0.1, 0.15) is 4.90 Å². The third-order valence-corrected chi connectivity index (χ3v) is 4.53. The van der Waals surface area contributed by atoms with Crippen LogP contribution in [0.1, 0.15) is 13.3 Å². The van der Waals surface area contributed by atoms with Crippen molar-refractivity contribution < 1.29 is 8.42 Å². The number of benzene rings is 1. The molecular formula is C11H11BrClNO2S. The molecule has 1 atom stereocenters. The Morgan fingerprint density at radius 2 is 2.24 bits per heavy atom. The second-order valence-corrected chi connectivity index (χ2v) is 6.51. The Morgan fingerprint density at radius 3 is 2.76 bits per heavy atom. The molecule has 0 aliphatic heterocycles. The molecule has 0 aromatic heterocycles. The minimum absolute atomic E-state index is 0.0474. The molecule has 0 aliphatic carbocycles. The molecule has 17 heavy (non-hydrogen) atoms. The Hall–Kier alpha value is -0.540. The Labute approximate surface area is 115 Å². The maximum absolute atomic E-state index is 12.0. The fraction of sp³-hybridized carbons (Fsp3) is 0.273. The monoisotopic (exact) mass is 335 g/mol. The topological polar surface area (TPSA) is 46.2 Å². The van der Waals surface area contributed by atoms with Crippen LogP contribution in [-0.2, 0) is 10.0 Å². The van der Waals surface area contributed by atoms with E-state index in [0.717, 1.165) is 4.47 Å². The van der Waals surface area contributed by atoms with E-state index in [1.807, 2.05) is 0 Å². The summed E-state index contributed by atoms with van der Waals surface area (Å²) in [6.45, 7) is 1.70. The number of nitrogens with one attached hydrogen (secondary N) is 1. The van der Waals surface area contributed by atoms with Gasteiger partial charge in [0.05, 0.1) is 5.02 Å². The summed E-state index contributed by atoms with van der Waals surface area (Å²) in [6, 6.07) is 4.26. The normalized spacial score (nSPS) is 13.1. The van der Waals surface area contributed by atoms with Crippen LogP contribution in [0.3, 0.4) is 0 Å². The first-order chi connectivity index (χ1) is 7.86. The van der Waals surface area contributed by atoms with Gasteiger partial charge in [-0.2, -0.15) is 0 Å². The Kier molecular flexibility index (Phi) is 5.02. The summed E-state index contributed by atoms with van der Waals surface area (Å²) in [7, 11) is -3.63. The molecule has 6 heteroatoms. The SMILES string of the molecule is C#CCC(C)NS(=O)(=O)c1ccc(Br)cc1Cl. The van der Waals surface area contributed by atoms with Gasteiger partial charge in [-0.15, -0.1) is 12.3 Å². The molecule has 1 N–H and O–H groups in total. The lowest BCUT2D eigenvalue weighted by Crippen LogP contribution is -2.32. The fourth-order valence-electron chi connectivity index (χ4n) is 1.24. The summed E-state index contributed by atoms with van der Waals surface area (Å²) in [5, 5.41) is 0.166. The van der Waals surface area contributed by atoms with E-state index < -0.39 is 10.0 Å². The highest BCUT2D eigenvalue weighted by atomic mass is 79.9. The van der Waals surface area contributed by atoms with E-state index in [9.17, 15) is 8.42 Å². The van der Waals surface area contributed by atoms with E-state index in [-0.39, 0.29) is 16.0 Å².